The maximum Gasteiger partial charge on any atom is 0.0950 e. The van der Waals surface area contributed by atoms with Crippen LogP contribution in [0.15, 0.2) is 24.3 Å². The van der Waals surface area contributed by atoms with Gasteiger partial charge in [0.2, 0.25) is 0 Å². The molecule has 2 rings (SSSR count). The van der Waals surface area contributed by atoms with E-state index in [1.165, 1.54) is 0 Å². The zero-order chi connectivity index (χ0) is 12.1. The van der Waals surface area contributed by atoms with Gasteiger partial charge in [-0.25, -0.2) is 0 Å². The summed E-state index contributed by atoms with van der Waals surface area (Å²) >= 11 is 5.86. The Kier molecular flexibility index (Phi) is 4.80. The number of halogens is 1. The Bertz CT molecular complexity index is 336. The van der Waals surface area contributed by atoms with Crippen molar-refractivity contribution in [3.8, 4) is 0 Å². The van der Waals surface area contributed by atoms with Crippen molar-refractivity contribution in [2.24, 2.45) is 5.73 Å². The van der Waals surface area contributed by atoms with Gasteiger partial charge in [0.05, 0.1) is 12.2 Å². The lowest BCUT2D eigenvalue weighted by Crippen LogP contribution is -2.28. The Morgan fingerprint density at radius 3 is 2.53 bits per heavy atom. The molecule has 2 N–H and O–H groups in total. The normalized spacial score (nSPS) is 19.2. The third-order valence-electron chi connectivity index (χ3n) is 2.98. The highest BCUT2D eigenvalue weighted by Gasteiger charge is 2.19. The maximum absolute atomic E-state index is 6.02. The van der Waals surface area contributed by atoms with Crippen molar-refractivity contribution in [1.29, 1.82) is 0 Å². The van der Waals surface area contributed by atoms with Crippen molar-refractivity contribution >= 4 is 11.6 Å². The van der Waals surface area contributed by atoms with Crippen molar-refractivity contribution in [3.63, 3.8) is 0 Å². The van der Waals surface area contributed by atoms with Gasteiger partial charge < -0.3 is 15.2 Å². The third-order valence-corrected chi connectivity index (χ3v) is 3.23. The summed E-state index contributed by atoms with van der Waals surface area (Å²) in [6.45, 7) is 2.05. The highest BCUT2D eigenvalue weighted by molar-refractivity contribution is 6.30. The molecule has 1 fully saturated rings. The second-order valence-electron chi connectivity index (χ2n) is 4.22. The number of nitrogens with two attached hydrogens (primary N) is 1. The van der Waals surface area contributed by atoms with Crippen LogP contribution >= 0.6 is 11.6 Å². The fraction of sp³-hybridized carbons (Fsp3) is 0.538. The average molecular weight is 256 g/mol. The van der Waals surface area contributed by atoms with Crippen LogP contribution in [0.2, 0.25) is 5.02 Å². The van der Waals surface area contributed by atoms with Crippen LogP contribution in [0, 0.1) is 0 Å². The fourth-order valence-corrected chi connectivity index (χ4v) is 2.12. The van der Waals surface area contributed by atoms with Gasteiger partial charge in [-0.15, -0.1) is 0 Å². The lowest BCUT2D eigenvalue weighted by molar-refractivity contribution is -0.0665. The van der Waals surface area contributed by atoms with E-state index in [2.05, 4.69) is 0 Å². The standard InChI is InChI=1S/C13H18ClNO2/c14-11-3-1-10(2-4-11)13(9-15)17-12-5-7-16-8-6-12/h1-4,12-13H,5-9,15H2. The number of benzene rings is 1. The van der Waals surface area contributed by atoms with Crippen molar-refractivity contribution in [3.05, 3.63) is 34.9 Å². The van der Waals surface area contributed by atoms with Crippen LogP contribution < -0.4 is 5.73 Å². The summed E-state index contributed by atoms with van der Waals surface area (Å²) in [5, 5.41) is 0.732. The fourth-order valence-electron chi connectivity index (χ4n) is 1.99. The summed E-state index contributed by atoms with van der Waals surface area (Å²) in [7, 11) is 0. The molecule has 0 bridgehead atoms. The lowest BCUT2D eigenvalue weighted by Gasteiger charge is -2.27. The molecule has 1 aromatic carbocycles. The van der Waals surface area contributed by atoms with Crippen LogP contribution in [0.25, 0.3) is 0 Å². The molecule has 0 spiro atoms. The van der Waals surface area contributed by atoms with Crippen LogP contribution in [0.1, 0.15) is 24.5 Å². The van der Waals surface area contributed by atoms with Gasteiger partial charge in [-0.05, 0) is 30.5 Å². The predicted molar refractivity (Wildman–Crippen MR) is 68.2 cm³/mol. The molecular weight excluding hydrogens is 238 g/mol. The topological polar surface area (TPSA) is 44.5 Å². The van der Waals surface area contributed by atoms with E-state index in [4.69, 9.17) is 26.8 Å². The lowest BCUT2D eigenvalue weighted by atomic mass is 10.1. The van der Waals surface area contributed by atoms with E-state index in [-0.39, 0.29) is 12.2 Å². The van der Waals surface area contributed by atoms with Gasteiger partial charge in [0.25, 0.3) is 0 Å². The van der Waals surface area contributed by atoms with Crippen molar-refractivity contribution in [2.45, 2.75) is 25.0 Å². The van der Waals surface area contributed by atoms with Crippen LogP contribution in [-0.4, -0.2) is 25.9 Å². The van der Waals surface area contributed by atoms with Crippen LogP contribution in [0.4, 0.5) is 0 Å². The summed E-state index contributed by atoms with van der Waals surface area (Å²) < 4.78 is 11.3. The minimum absolute atomic E-state index is 0.0460. The van der Waals surface area contributed by atoms with Crippen LogP contribution in [0.5, 0.6) is 0 Å². The zero-order valence-electron chi connectivity index (χ0n) is 9.77. The molecule has 4 heteroatoms. The Labute approximate surface area is 107 Å². The van der Waals surface area contributed by atoms with Gasteiger partial charge in [0, 0.05) is 24.8 Å². The Balaban J connectivity index is 1.97. The second kappa shape index (κ2) is 6.36. The molecule has 17 heavy (non-hydrogen) atoms. The first-order chi connectivity index (χ1) is 8.29. The predicted octanol–water partition coefficient (Wildman–Crippen LogP) is 2.54. The number of rotatable bonds is 4. The largest absolute Gasteiger partial charge is 0.381 e. The van der Waals surface area contributed by atoms with E-state index in [1.807, 2.05) is 24.3 Å². The number of ether oxygens (including phenoxy) is 2. The van der Waals surface area contributed by atoms with Gasteiger partial charge in [-0.2, -0.15) is 0 Å². The molecule has 0 radical (unpaired) electrons. The molecule has 1 aromatic rings. The molecule has 3 nitrogen and oxygen atoms in total. The van der Waals surface area contributed by atoms with Crippen molar-refractivity contribution in [2.75, 3.05) is 19.8 Å². The number of hydrogen-bond acceptors (Lipinski definition) is 3. The van der Waals surface area contributed by atoms with Gasteiger partial charge in [0.15, 0.2) is 0 Å². The Hall–Kier alpha value is -0.610. The quantitative estimate of drug-likeness (QED) is 0.899. The highest BCUT2D eigenvalue weighted by atomic mass is 35.5. The SMILES string of the molecule is NCC(OC1CCOCC1)c1ccc(Cl)cc1. The van der Waals surface area contributed by atoms with E-state index >= 15 is 0 Å². The van der Waals surface area contributed by atoms with Gasteiger partial charge in [-0.1, -0.05) is 23.7 Å². The maximum atomic E-state index is 6.02. The summed E-state index contributed by atoms with van der Waals surface area (Å²) in [6.07, 6.45) is 2.11. The molecular formula is C13H18ClNO2. The first kappa shape index (κ1) is 12.8. The van der Waals surface area contributed by atoms with E-state index < -0.39 is 0 Å². The molecule has 94 valence electrons. The van der Waals surface area contributed by atoms with E-state index in [1.54, 1.807) is 0 Å². The molecule has 1 aliphatic heterocycles. The zero-order valence-corrected chi connectivity index (χ0v) is 10.5. The molecule has 0 saturated carbocycles. The molecule has 0 amide bonds. The highest BCUT2D eigenvalue weighted by Crippen LogP contribution is 2.23. The minimum atomic E-state index is -0.0460. The molecule has 0 aromatic heterocycles. The smallest absolute Gasteiger partial charge is 0.0950 e. The summed E-state index contributed by atoms with van der Waals surface area (Å²) in [6, 6.07) is 7.68. The summed E-state index contributed by atoms with van der Waals surface area (Å²) in [4.78, 5) is 0. The first-order valence-corrected chi connectivity index (χ1v) is 6.36. The number of hydrogen-bond donors (Lipinski definition) is 1. The third kappa shape index (κ3) is 3.68. The molecule has 0 aliphatic carbocycles. The average Bonchev–Trinajstić information content (AvgIpc) is 2.38. The Morgan fingerprint density at radius 2 is 1.94 bits per heavy atom. The second-order valence-corrected chi connectivity index (χ2v) is 4.66. The molecule has 1 unspecified atom stereocenters. The van der Waals surface area contributed by atoms with Crippen LogP contribution in [-0.2, 0) is 9.47 Å². The van der Waals surface area contributed by atoms with Gasteiger partial charge >= 0.3 is 0 Å². The van der Waals surface area contributed by atoms with E-state index in [0.717, 1.165) is 36.6 Å². The molecule has 1 saturated heterocycles. The first-order valence-electron chi connectivity index (χ1n) is 5.98. The molecule has 1 heterocycles. The summed E-state index contributed by atoms with van der Waals surface area (Å²) in [5.41, 5.74) is 6.86. The van der Waals surface area contributed by atoms with Crippen LogP contribution in [0.3, 0.4) is 0 Å². The minimum Gasteiger partial charge on any atom is -0.381 e. The Morgan fingerprint density at radius 1 is 1.29 bits per heavy atom. The van der Waals surface area contributed by atoms with Crippen molar-refractivity contribution in [1.82, 2.24) is 0 Å². The summed E-state index contributed by atoms with van der Waals surface area (Å²) in [5.74, 6) is 0. The monoisotopic (exact) mass is 255 g/mol. The van der Waals surface area contributed by atoms with Gasteiger partial charge in [-0.3, -0.25) is 0 Å². The molecule has 1 atom stereocenters. The van der Waals surface area contributed by atoms with Gasteiger partial charge in [0.1, 0.15) is 0 Å². The molecule has 1 aliphatic rings. The van der Waals surface area contributed by atoms with E-state index in [0.29, 0.717) is 6.54 Å². The van der Waals surface area contributed by atoms with E-state index in [9.17, 15) is 0 Å². The van der Waals surface area contributed by atoms with Crippen molar-refractivity contribution < 1.29 is 9.47 Å².